The molecule has 1 aliphatic heterocycles. The van der Waals surface area contributed by atoms with Crippen molar-refractivity contribution in [2.45, 2.75) is 19.0 Å². The molecule has 78 valence electrons. The molecule has 1 aromatic rings. The fourth-order valence-corrected chi connectivity index (χ4v) is 1.91. The van der Waals surface area contributed by atoms with Crippen molar-refractivity contribution in [3.8, 4) is 6.07 Å². The monoisotopic (exact) mass is 202 g/mol. The highest BCUT2D eigenvalue weighted by atomic mass is 15.2. The average Bonchev–Trinajstić information content (AvgIpc) is 2.65. The SMILES string of the molecule is N#Cc1ncccc1CN1CC[C@@H](N)C1. The number of nitriles is 1. The van der Waals surface area contributed by atoms with Gasteiger partial charge in [0.2, 0.25) is 0 Å². The molecule has 15 heavy (non-hydrogen) atoms. The standard InChI is InChI=1S/C11H14N4/c12-6-11-9(2-1-4-14-11)7-15-5-3-10(13)8-15/h1-2,4,10H,3,5,7-8,13H2/t10-/m1/s1. The van der Waals surface area contributed by atoms with Crippen LogP contribution in [-0.2, 0) is 6.54 Å². The zero-order chi connectivity index (χ0) is 10.7. The Kier molecular flexibility index (Phi) is 2.95. The van der Waals surface area contributed by atoms with Crippen LogP contribution in [0.5, 0.6) is 0 Å². The number of nitrogens with two attached hydrogens (primary N) is 1. The van der Waals surface area contributed by atoms with Crippen molar-refractivity contribution >= 4 is 0 Å². The van der Waals surface area contributed by atoms with E-state index in [1.54, 1.807) is 6.20 Å². The first-order chi connectivity index (χ1) is 7.29. The Balaban J connectivity index is 2.08. The van der Waals surface area contributed by atoms with Crippen molar-refractivity contribution in [1.82, 2.24) is 9.88 Å². The Labute approximate surface area is 89.3 Å². The minimum Gasteiger partial charge on any atom is -0.326 e. The third-order valence-electron chi connectivity index (χ3n) is 2.70. The summed E-state index contributed by atoms with van der Waals surface area (Å²) < 4.78 is 0. The summed E-state index contributed by atoms with van der Waals surface area (Å²) in [4.78, 5) is 6.31. The van der Waals surface area contributed by atoms with Crippen molar-refractivity contribution < 1.29 is 0 Å². The summed E-state index contributed by atoms with van der Waals surface area (Å²) in [6.07, 6.45) is 2.69. The van der Waals surface area contributed by atoms with Crippen LogP contribution in [0.15, 0.2) is 18.3 Å². The van der Waals surface area contributed by atoms with Gasteiger partial charge in [-0.05, 0) is 12.5 Å². The van der Waals surface area contributed by atoms with Crippen LogP contribution in [0.3, 0.4) is 0 Å². The molecule has 0 amide bonds. The van der Waals surface area contributed by atoms with Gasteiger partial charge in [-0.1, -0.05) is 6.07 Å². The summed E-state index contributed by atoms with van der Waals surface area (Å²) in [5, 5.41) is 8.89. The summed E-state index contributed by atoms with van der Waals surface area (Å²) in [5.41, 5.74) is 7.35. The van der Waals surface area contributed by atoms with E-state index < -0.39 is 0 Å². The van der Waals surface area contributed by atoms with Crippen molar-refractivity contribution in [3.05, 3.63) is 29.6 Å². The molecule has 4 heteroatoms. The number of pyridine rings is 1. The molecular weight excluding hydrogens is 188 g/mol. The summed E-state index contributed by atoms with van der Waals surface area (Å²) in [5.74, 6) is 0. The number of nitrogens with zero attached hydrogens (tertiary/aromatic N) is 3. The maximum absolute atomic E-state index is 8.89. The quantitative estimate of drug-likeness (QED) is 0.757. The molecule has 1 aromatic heterocycles. The second-order valence-electron chi connectivity index (χ2n) is 3.91. The lowest BCUT2D eigenvalue weighted by atomic mass is 10.2. The van der Waals surface area contributed by atoms with Crippen molar-refractivity contribution in [1.29, 1.82) is 5.26 Å². The van der Waals surface area contributed by atoms with Crippen molar-refractivity contribution in [2.24, 2.45) is 5.73 Å². The van der Waals surface area contributed by atoms with E-state index in [2.05, 4.69) is 16.0 Å². The highest BCUT2D eigenvalue weighted by molar-refractivity contribution is 5.30. The van der Waals surface area contributed by atoms with Crippen molar-refractivity contribution in [2.75, 3.05) is 13.1 Å². The third-order valence-corrected chi connectivity index (χ3v) is 2.70. The van der Waals surface area contributed by atoms with Gasteiger partial charge in [-0.25, -0.2) is 4.98 Å². The van der Waals surface area contributed by atoms with Gasteiger partial charge in [-0.3, -0.25) is 4.90 Å². The molecule has 0 spiro atoms. The van der Waals surface area contributed by atoms with Crippen molar-refractivity contribution in [3.63, 3.8) is 0 Å². The fraction of sp³-hybridized carbons (Fsp3) is 0.455. The highest BCUT2D eigenvalue weighted by Crippen LogP contribution is 2.13. The topological polar surface area (TPSA) is 65.9 Å². The highest BCUT2D eigenvalue weighted by Gasteiger charge is 2.19. The molecule has 0 aromatic carbocycles. The second-order valence-corrected chi connectivity index (χ2v) is 3.91. The molecule has 2 rings (SSSR count). The number of likely N-dealkylation sites (tertiary alicyclic amines) is 1. The Morgan fingerprint density at radius 2 is 2.53 bits per heavy atom. The molecule has 1 fully saturated rings. The Morgan fingerprint density at radius 3 is 3.20 bits per heavy atom. The zero-order valence-corrected chi connectivity index (χ0v) is 8.56. The maximum Gasteiger partial charge on any atom is 0.144 e. The lowest BCUT2D eigenvalue weighted by Crippen LogP contribution is -2.26. The number of hydrogen-bond acceptors (Lipinski definition) is 4. The minimum absolute atomic E-state index is 0.284. The van der Waals surface area contributed by atoms with Crippen LogP contribution in [0.2, 0.25) is 0 Å². The smallest absolute Gasteiger partial charge is 0.144 e. The molecule has 2 N–H and O–H groups in total. The predicted molar refractivity (Wildman–Crippen MR) is 56.8 cm³/mol. The lowest BCUT2D eigenvalue weighted by molar-refractivity contribution is 0.326. The third kappa shape index (κ3) is 2.32. The van der Waals surface area contributed by atoms with E-state index >= 15 is 0 Å². The van der Waals surface area contributed by atoms with Gasteiger partial charge in [0, 0.05) is 37.4 Å². The van der Waals surface area contributed by atoms with Gasteiger partial charge < -0.3 is 5.73 Å². The predicted octanol–water partition coefficient (Wildman–Crippen LogP) is 0.486. The molecule has 1 saturated heterocycles. The first-order valence-corrected chi connectivity index (χ1v) is 5.11. The van der Waals surface area contributed by atoms with Crippen LogP contribution >= 0.6 is 0 Å². The van der Waals surface area contributed by atoms with Crippen LogP contribution in [-0.4, -0.2) is 29.0 Å². The number of hydrogen-bond donors (Lipinski definition) is 1. The van der Waals surface area contributed by atoms with Gasteiger partial charge in [-0.2, -0.15) is 5.26 Å². The largest absolute Gasteiger partial charge is 0.326 e. The summed E-state index contributed by atoms with van der Waals surface area (Å²) in [6.45, 7) is 2.71. The van der Waals surface area contributed by atoms with E-state index in [1.807, 2.05) is 12.1 Å². The normalized spacial score (nSPS) is 21.5. The first kappa shape index (κ1) is 10.1. The van der Waals surface area contributed by atoms with Crippen LogP contribution in [0, 0.1) is 11.3 Å². The summed E-state index contributed by atoms with van der Waals surface area (Å²) >= 11 is 0. The average molecular weight is 202 g/mol. The molecule has 2 heterocycles. The lowest BCUT2D eigenvalue weighted by Gasteiger charge is -2.15. The molecular formula is C11H14N4. The first-order valence-electron chi connectivity index (χ1n) is 5.11. The van der Waals surface area contributed by atoms with Gasteiger partial charge in [0.05, 0.1) is 0 Å². The Bertz CT molecular complexity index is 382. The van der Waals surface area contributed by atoms with Gasteiger partial charge in [-0.15, -0.1) is 0 Å². The molecule has 4 nitrogen and oxygen atoms in total. The zero-order valence-electron chi connectivity index (χ0n) is 8.56. The van der Waals surface area contributed by atoms with Gasteiger partial charge in [0.15, 0.2) is 0 Å². The van der Waals surface area contributed by atoms with E-state index in [0.717, 1.165) is 31.6 Å². The Morgan fingerprint density at radius 1 is 1.67 bits per heavy atom. The van der Waals surface area contributed by atoms with Crippen LogP contribution in [0.1, 0.15) is 17.7 Å². The van der Waals surface area contributed by atoms with Crippen LogP contribution in [0.25, 0.3) is 0 Å². The van der Waals surface area contributed by atoms with E-state index in [1.165, 1.54) is 0 Å². The summed E-state index contributed by atoms with van der Waals surface area (Å²) in [6, 6.07) is 6.22. The van der Waals surface area contributed by atoms with E-state index in [0.29, 0.717) is 5.69 Å². The van der Waals surface area contributed by atoms with Gasteiger partial charge in [0.1, 0.15) is 11.8 Å². The number of aromatic nitrogens is 1. The van der Waals surface area contributed by atoms with Gasteiger partial charge >= 0.3 is 0 Å². The van der Waals surface area contributed by atoms with Gasteiger partial charge in [0.25, 0.3) is 0 Å². The van der Waals surface area contributed by atoms with E-state index in [-0.39, 0.29) is 6.04 Å². The Hall–Kier alpha value is -1.44. The maximum atomic E-state index is 8.89. The van der Waals surface area contributed by atoms with E-state index in [4.69, 9.17) is 11.0 Å². The van der Waals surface area contributed by atoms with Crippen LogP contribution in [0.4, 0.5) is 0 Å². The molecule has 0 aliphatic carbocycles. The molecule has 1 aliphatic rings. The van der Waals surface area contributed by atoms with E-state index in [9.17, 15) is 0 Å². The molecule has 0 bridgehead atoms. The minimum atomic E-state index is 0.284. The number of rotatable bonds is 2. The van der Waals surface area contributed by atoms with Crippen LogP contribution < -0.4 is 5.73 Å². The molecule has 0 radical (unpaired) electrons. The fourth-order valence-electron chi connectivity index (χ4n) is 1.91. The molecule has 1 atom stereocenters. The molecule has 0 unspecified atom stereocenters. The second kappa shape index (κ2) is 4.39. The molecule has 0 saturated carbocycles. The summed E-state index contributed by atoms with van der Waals surface area (Å²) in [7, 11) is 0.